The summed E-state index contributed by atoms with van der Waals surface area (Å²) in [6.07, 6.45) is 1.55. The molecule has 168 valence electrons. The maximum atomic E-state index is 12.6. The van der Waals surface area contributed by atoms with Gasteiger partial charge in [-0.3, -0.25) is 4.79 Å². The van der Waals surface area contributed by atoms with Crippen LogP contribution < -0.4 is 15.4 Å². The van der Waals surface area contributed by atoms with E-state index in [1.165, 1.54) is 11.3 Å². The fourth-order valence-electron chi connectivity index (χ4n) is 4.19. The molecule has 3 aromatic heterocycles. The van der Waals surface area contributed by atoms with Crippen molar-refractivity contribution >= 4 is 55.7 Å². The Hall–Kier alpha value is -3.08. The van der Waals surface area contributed by atoms with Gasteiger partial charge in [0.1, 0.15) is 10.5 Å². The van der Waals surface area contributed by atoms with Crippen LogP contribution in [0.2, 0.25) is 5.28 Å². The Kier molecular flexibility index (Phi) is 4.48. The van der Waals surface area contributed by atoms with E-state index < -0.39 is 5.60 Å². The molecule has 0 saturated heterocycles. The van der Waals surface area contributed by atoms with Gasteiger partial charge in [-0.05, 0) is 44.5 Å². The van der Waals surface area contributed by atoms with Crippen LogP contribution in [0.5, 0.6) is 11.8 Å². The van der Waals surface area contributed by atoms with Crippen molar-refractivity contribution in [3.8, 4) is 11.8 Å². The van der Waals surface area contributed by atoms with Crippen molar-refractivity contribution in [2.75, 3.05) is 11.9 Å². The molecule has 33 heavy (non-hydrogen) atoms. The summed E-state index contributed by atoms with van der Waals surface area (Å²) in [5.74, 6) is 0.510. The third kappa shape index (κ3) is 3.28. The fraction of sp³-hybridized carbons (Fsp3) is 0.318. The average molecular weight is 483 g/mol. The molecule has 0 aliphatic carbocycles. The summed E-state index contributed by atoms with van der Waals surface area (Å²) >= 11 is 7.58. The summed E-state index contributed by atoms with van der Waals surface area (Å²) in [5, 5.41) is 7.36. The van der Waals surface area contributed by atoms with E-state index >= 15 is 0 Å². The number of ether oxygens (including phenoxy) is 2. The number of aromatic nitrogens is 4. The van der Waals surface area contributed by atoms with Crippen LogP contribution in [-0.4, -0.2) is 38.4 Å². The van der Waals surface area contributed by atoms with Crippen LogP contribution in [0.25, 0.3) is 21.1 Å². The summed E-state index contributed by atoms with van der Waals surface area (Å²) in [5.41, 5.74) is 3.01. The molecule has 4 aromatic rings. The van der Waals surface area contributed by atoms with E-state index in [9.17, 15) is 4.79 Å². The van der Waals surface area contributed by atoms with E-state index in [0.717, 1.165) is 21.3 Å². The predicted octanol–water partition coefficient (Wildman–Crippen LogP) is 4.39. The highest BCUT2D eigenvalue weighted by Gasteiger charge is 2.36. The molecule has 6 rings (SSSR count). The first-order chi connectivity index (χ1) is 15.8. The summed E-state index contributed by atoms with van der Waals surface area (Å²) in [6.45, 7) is 6.77. The zero-order chi connectivity index (χ0) is 22.9. The van der Waals surface area contributed by atoms with E-state index in [-0.39, 0.29) is 23.1 Å². The zero-order valence-electron chi connectivity index (χ0n) is 18.0. The largest absolute Gasteiger partial charge is 0.418 e. The quantitative estimate of drug-likeness (QED) is 0.405. The highest BCUT2D eigenvalue weighted by molar-refractivity contribution is 7.21. The van der Waals surface area contributed by atoms with E-state index in [0.29, 0.717) is 40.6 Å². The highest BCUT2D eigenvalue weighted by Crippen LogP contribution is 2.42. The molecule has 0 fully saturated rings. The Balaban J connectivity index is 1.44. The molecule has 2 aliphatic heterocycles. The lowest BCUT2D eigenvalue weighted by Gasteiger charge is -2.17. The minimum absolute atomic E-state index is 0.0311. The normalized spacial score (nSPS) is 19.0. The predicted molar refractivity (Wildman–Crippen MR) is 125 cm³/mol. The summed E-state index contributed by atoms with van der Waals surface area (Å²) < 4.78 is 12.8. The second-order valence-corrected chi connectivity index (χ2v) is 9.99. The number of amides is 1. The lowest BCUT2D eigenvalue weighted by Crippen LogP contribution is -2.34. The SMILES string of the molecule is C[C@@H]1CNc2c(sc3ccc4nc(Oc5nc(Cl)nc6c5COC6(C)C)cnc4c23)C(=O)N1. The third-order valence-corrected chi connectivity index (χ3v) is 7.12. The van der Waals surface area contributed by atoms with Crippen LogP contribution >= 0.6 is 22.9 Å². The third-order valence-electron chi connectivity index (χ3n) is 5.80. The minimum atomic E-state index is -0.575. The van der Waals surface area contributed by atoms with Gasteiger partial charge in [-0.15, -0.1) is 11.3 Å². The maximum absolute atomic E-state index is 12.6. The lowest BCUT2D eigenvalue weighted by atomic mass is 10.0. The molecule has 2 N–H and O–H groups in total. The number of nitrogens with zero attached hydrogens (tertiary/aromatic N) is 4. The van der Waals surface area contributed by atoms with Crippen molar-refractivity contribution in [1.29, 1.82) is 0 Å². The first kappa shape index (κ1) is 20.5. The van der Waals surface area contributed by atoms with Gasteiger partial charge in [-0.25, -0.2) is 15.0 Å². The van der Waals surface area contributed by atoms with Crippen LogP contribution in [0.15, 0.2) is 18.3 Å². The molecule has 0 spiro atoms. The van der Waals surface area contributed by atoms with Gasteiger partial charge in [0.15, 0.2) is 0 Å². The topological polar surface area (TPSA) is 111 Å². The smallest absolute Gasteiger partial charge is 0.263 e. The monoisotopic (exact) mass is 482 g/mol. The van der Waals surface area contributed by atoms with Gasteiger partial charge in [-0.1, -0.05) is 0 Å². The number of carbonyl (C=O) groups excluding carboxylic acids is 1. The number of carbonyl (C=O) groups is 1. The first-order valence-corrected chi connectivity index (χ1v) is 11.7. The molecule has 1 amide bonds. The first-order valence-electron chi connectivity index (χ1n) is 10.5. The molecular weight excluding hydrogens is 464 g/mol. The molecular formula is C22H19ClN6O3S. The zero-order valence-corrected chi connectivity index (χ0v) is 19.6. The number of anilines is 1. The lowest BCUT2D eigenvalue weighted by molar-refractivity contribution is -0.0102. The van der Waals surface area contributed by atoms with Crippen LogP contribution in [0.1, 0.15) is 41.7 Å². The molecule has 9 nitrogen and oxygen atoms in total. The van der Waals surface area contributed by atoms with Crippen LogP contribution in [0.4, 0.5) is 5.69 Å². The Morgan fingerprint density at radius 2 is 2.12 bits per heavy atom. The second-order valence-electron chi connectivity index (χ2n) is 8.60. The number of hydrogen-bond acceptors (Lipinski definition) is 9. The Bertz CT molecular complexity index is 1470. The average Bonchev–Trinajstić information content (AvgIpc) is 3.25. The Morgan fingerprint density at radius 1 is 1.27 bits per heavy atom. The van der Waals surface area contributed by atoms with Gasteiger partial charge in [0.25, 0.3) is 5.91 Å². The van der Waals surface area contributed by atoms with Crippen molar-refractivity contribution in [3.63, 3.8) is 0 Å². The van der Waals surface area contributed by atoms with Gasteiger partial charge >= 0.3 is 0 Å². The number of thiophene rings is 1. The molecule has 11 heteroatoms. The molecule has 0 radical (unpaired) electrons. The standard InChI is InChI=1S/C22H19ClN6O3S/c1-9-6-24-16-14-12(33-17(16)19(30)26-9)5-4-11-15(14)25-7-13(27-11)32-20-10-8-31-22(2,3)18(10)28-21(23)29-20/h4-5,7,9,24H,6,8H2,1-3H3,(H,26,30)/t9-/m1/s1. The van der Waals surface area contributed by atoms with Gasteiger partial charge < -0.3 is 20.1 Å². The van der Waals surface area contributed by atoms with Gasteiger partial charge in [0.2, 0.25) is 17.0 Å². The summed E-state index contributed by atoms with van der Waals surface area (Å²) in [7, 11) is 0. The van der Waals surface area contributed by atoms with Crippen molar-refractivity contribution in [3.05, 3.63) is 39.7 Å². The highest BCUT2D eigenvalue weighted by atomic mass is 35.5. The number of fused-ring (bicyclic) bond motifs is 6. The fourth-order valence-corrected chi connectivity index (χ4v) is 5.44. The minimum Gasteiger partial charge on any atom is -0.418 e. The number of hydrogen-bond donors (Lipinski definition) is 2. The van der Waals surface area contributed by atoms with E-state index in [2.05, 4.69) is 30.6 Å². The summed E-state index contributed by atoms with van der Waals surface area (Å²) in [6, 6.07) is 3.85. The van der Waals surface area contributed by atoms with Crippen molar-refractivity contribution in [2.24, 2.45) is 0 Å². The van der Waals surface area contributed by atoms with Crippen molar-refractivity contribution < 1.29 is 14.3 Å². The van der Waals surface area contributed by atoms with Crippen LogP contribution in [0.3, 0.4) is 0 Å². The van der Waals surface area contributed by atoms with Crippen LogP contribution in [-0.2, 0) is 16.9 Å². The van der Waals surface area contributed by atoms with Gasteiger partial charge in [0.05, 0.1) is 40.8 Å². The molecule has 0 unspecified atom stereocenters. The van der Waals surface area contributed by atoms with Crippen LogP contribution in [0, 0.1) is 0 Å². The van der Waals surface area contributed by atoms with Crippen molar-refractivity contribution in [2.45, 2.75) is 39.0 Å². The summed E-state index contributed by atoms with van der Waals surface area (Å²) in [4.78, 5) is 31.1. The maximum Gasteiger partial charge on any atom is 0.263 e. The second kappa shape index (κ2) is 7.21. The number of rotatable bonds is 2. The Morgan fingerprint density at radius 3 is 2.97 bits per heavy atom. The van der Waals surface area contributed by atoms with Crippen molar-refractivity contribution in [1.82, 2.24) is 25.3 Å². The molecule has 1 aromatic carbocycles. The number of nitrogens with one attached hydrogen (secondary N) is 2. The van der Waals surface area contributed by atoms with E-state index in [1.54, 1.807) is 6.20 Å². The number of halogens is 1. The molecule has 0 bridgehead atoms. The molecule has 1 atom stereocenters. The number of benzene rings is 1. The van der Waals surface area contributed by atoms with Gasteiger partial charge in [0, 0.05) is 22.7 Å². The molecule has 0 saturated carbocycles. The Labute approximate surface area is 197 Å². The van der Waals surface area contributed by atoms with E-state index in [4.69, 9.17) is 21.1 Å². The van der Waals surface area contributed by atoms with E-state index in [1.807, 2.05) is 32.9 Å². The molecule has 2 aliphatic rings. The molecule has 5 heterocycles. The van der Waals surface area contributed by atoms with Gasteiger partial charge in [-0.2, -0.15) is 4.98 Å².